The van der Waals surface area contributed by atoms with Crippen LogP contribution in [0.25, 0.3) is 0 Å². The van der Waals surface area contributed by atoms with Gasteiger partial charge in [0.25, 0.3) is 0 Å². The Kier molecular flexibility index (Phi) is 6.90. The Hall–Kier alpha value is -1.62. The van der Waals surface area contributed by atoms with Gasteiger partial charge in [0.2, 0.25) is 0 Å². The van der Waals surface area contributed by atoms with Gasteiger partial charge in [0.1, 0.15) is 12.4 Å². The van der Waals surface area contributed by atoms with E-state index < -0.39 is 12.2 Å². The lowest BCUT2D eigenvalue weighted by Crippen LogP contribution is -2.37. The lowest BCUT2D eigenvalue weighted by Gasteiger charge is -2.44. The molecule has 3 aliphatic rings. The van der Waals surface area contributed by atoms with Crippen molar-refractivity contribution in [3.05, 3.63) is 59.6 Å². The van der Waals surface area contributed by atoms with Crippen LogP contribution in [0.4, 0.5) is 0 Å². The van der Waals surface area contributed by atoms with Crippen LogP contribution in [0.2, 0.25) is 0 Å². The molecular formula is C27H38O4. The van der Waals surface area contributed by atoms with E-state index in [1.54, 1.807) is 6.26 Å². The minimum absolute atomic E-state index is 0.318. The third-order valence-corrected chi connectivity index (χ3v) is 8.19. The quantitative estimate of drug-likeness (QED) is 0.624. The zero-order chi connectivity index (χ0) is 22.0. The van der Waals surface area contributed by atoms with Crippen LogP contribution in [-0.4, -0.2) is 29.0 Å². The number of furan rings is 1. The van der Waals surface area contributed by atoms with E-state index in [1.807, 2.05) is 12.1 Å². The second-order valence-electron chi connectivity index (χ2n) is 10.2. The molecule has 0 radical (unpaired) electrons. The van der Waals surface area contributed by atoms with Crippen LogP contribution < -0.4 is 0 Å². The van der Waals surface area contributed by atoms with E-state index >= 15 is 0 Å². The summed E-state index contributed by atoms with van der Waals surface area (Å²) >= 11 is 0. The smallest absolute Gasteiger partial charge is 0.129 e. The van der Waals surface area contributed by atoms with Crippen LogP contribution in [0, 0.1) is 23.2 Å². The number of ether oxygens (including phenoxy) is 1. The van der Waals surface area contributed by atoms with Gasteiger partial charge in [0, 0.05) is 6.42 Å². The molecule has 0 bridgehead atoms. The largest absolute Gasteiger partial charge is 0.467 e. The third kappa shape index (κ3) is 4.76. The average molecular weight is 427 g/mol. The van der Waals surface area contributed by atoms with Gasteiger partial charge in [-0.05, 0) is 85.0 Å². The zero-order valence-electron chi connectivity index (χ0n) is 19.1. The second-order valence-corrected chi connectivity index (χ2v) is 10.2. The molecule has 4 nitrogen and oxygen atoms in total. The fraction of sp³-hybridized carbons (Fsp3) is 0.630. The molecule has 31 heavy (non-hydrogen) atoms. The van der Waals surface area contributed by atoms with Gasteiger partial charge in [0.15, 0.2) is 0 Å². The Bertz CT molecular complexity index is 820. The molecule has 4 rings (SSSR count). The summed E-state index contributed by atoms with van der Waals surface area (Å²) in [7, 11) is 0. The Morgan fingerprint density at radius 3 is 2.94 bits per heavy atom. The number of aliphatic hydroxyl groups excluding tert-OH is 2. The zero-order valence-corrected chi connectivity index (χ0v) is 19.1. The van der Waals surface area contributed by atoms with E-state index in [-0.39, 0.29) is 0 Å². The van der Waals surface area contributed by atoms with Crippen molar-refractivity contribution < 1.29 is 19.4 Å². The first-order chi connectivity index (χ1) is 14.9. The van der Waals surface area contributed by atoms with Gasteiger partial charge in [-0.25, -0.2) is 0 Å². The highest BCUT2D eigenvalue weighted by molar-refractivity contribution is 5.38. The van der Waals surface area contributed by atoms with Crippen LogP contribution in [-0.2, 0) is 11.3 Å². The Morgan fingerprint density at radius 1 is 1.32 bits per heavy atom. The summed E-state index contributed by atoms with van der Waals surface area (Å²) in [5.41, 5.74) is 3.63. The van der Waals surface area contributed by atoms with Gasteiger partial charge in [0.05, 0.1) is 25.1 Å². The van der Waals surface area contributed by atoms with Crippen LogP contribution in [0.15, 0.2) is 58.3 Å². The first kappa shape index (κ1) is 22.6. The van der Waals surface area contributed by atoms with Gasteiger partial charge in [-0.2, -0.15) is 0 Å². The van der Waals surface area contributed by atoms with Crippen molar-refractivity contribution in [2.75, 3.05) is 6.61 Å². The Morgan fingerprint density at radius 2 is 2.16 bits per heavy atom. The van der Waals surface area contributed by atoms with Gasteiger partial charge in [-0.15, -0.1) is 0 Å². The molecule has 3 aliphatic carbocycles. The topological polar surface area (TPSA) is 62.8 Å². The minimum atomic E-state index is -0.622. The summed E-state index contributed by atoms with van der Waals surface area (Å²) in [5.74, 6) is 2.69. The lowest BCUT2D eigenvalue weighted by atomic mass is 9.61. The first-order valence-electron chi connectivity index (χ1n) is 11.9. The van der Waals surface area contributed by atoms with E-state index in [1.165, 1.54) is 31.3 Å². The molecule has 1 heterocycles. The van der Waals surface area contributed by atoms with Crippen LogP contribution in [0.5, 0.6) is 0 Å². The van der Waals surface area contributed by atoms with E-state index in [0.29, 0.717) is 42.6 Å². The van der Waals surface area contributed by atoms with E-state index in [4.69, 9.17) is 9.15 Å². The SMILES string of the molecule is C=C1C(=CC=C2CCC[C@]3(C)[C@@H]([C@H](C)COCc4ccco4)CC[C@@H]23)C[C@@H](O)C[C@@H]1O. The first-order valence-corrected chi connectivity index (χ1v) is 11.9. The predicted molar refractivity (Wildman–Crippen MR) is 122 cm³/mol. The number of rotatable bonds is 6. The van der Waals surface area contributed by atoms with E-state index in [9.17, 15) is 10.2 Å². The normalized spacial score (nSPS) is 37.4. The van der Waals surface area contributed by atoms with Gasteiger partial charge in [-0.1, -0.05) is 38.2 Å². The molecule has 170 valence electrons. The Labute approximate surface area is 186 Å². The highest BCUT2D eigenvalue weighted by Crippen LogP contribution is 2.59. The molecule has 1 aromatic heterocycles. The maximum atomic E-state index is 10.1. The molecule has 1 aromatic rings. The number of aliphatic hydroxyl groups is 2. The van der Waals surface area contributed by atoms with Crippen molar-refractivity contribution >= 4 is 0 Å². The van der Waals surface area contributed by atoms with Crippen LogP contribution in [0.1, 0.15) is 64.6 Å². The molecule has 0 spiro atoms. The fourth-order valence-corrected chi connectivity index (χ4v) is 6.54. The summed E-state index contributed by atoms with van der Waals surface area (Å²) < 4.78 is 11.4. The molecule has 0 aliphatic heterocycles. The van der Waals surface area contributed by atoms with Crippen LogP contribution in [0.3, 0.4) is 0 Å². The van der Waals surface area contributed by atoms with Crippen LogP contribution >= 0.6 is 0 Å². The molecule has 4 heteroatoms. The molecule has 0 aromatic carbocycles. The highest BCUT2D eigenvalue weighted by Gasteiger charge is 2.50. The van der Waals surface area contributed by atoms with Gasteiger partial charge < -0.3 is 19.4 Å². The van der Waals surface area contributed by atoms with Crippen molar-refractivity contribution in [1.29, 1.82) is 0 Å². The molecule has 2 N–H and O–H groups in total. The van der Waals surface area contributed by atoms with Crippen molar-refractivity contribution in [2.45, 2.75) is 77.6 Å². The third-order valence-electron chi connectivity index (χ3n) is 8.19. The molecule has 3 fully saturated rings. The molecule has 3 saturated carbocycles. The standard InChI is InChI=1S/C27H38O4/c1-18(16-30-17-23-7-5-13-31-23)24-10-11-25-20(6-4-12-27(24,25)3)8-9-21-14-22(28)15-26(29)19(21)2/h5,7-9,13,18,22,24-26,28-29H,2,4,6,10-12,14-17H2,1,3H3/t18-,22-,24-,25+,26+,27-/m1/s1. The summed E-state index contributed by atoms with van der Waals surface area (Å²) in [6.07, 6.45) is 12.2. The van der Waals surface area contributed by atoms with E-state index in [0.717, 1.165) is 29.9 Å². The summed E-state index contributed by atoms with van der Waals surface area (Å²) in [5, 5.41) is 20.2. The molecular weight excluding hydrogens is 388 g/mol. The van der Waals surface area contributed by atoms with Gasteiger partial charge in [-0.3, -0.25) is 0 Å². The highest BCUT2D eigenvalue weighted by atomic mass is 16.5. The number of fused-ring (bicyclic) bond motifs is 1. The molecule has 6 atom stereocenters. The van der Waals surface area contributed by atoms with Gasteiger partial charge >= 0.3 is 0 Å². The van der Waals surface area contributed by atoms with Crippen molar-refractivity contribution in [3.63, 3.8) is 0 Å². The molecule has 0 amide bonds. The molecule has 0 saturated heterocycles. The van der Waals surface area contributed by atoms with Crippen molar-refractivity contribution in [2.24, 2.45) is 23.2 Å². The molecule has 0 unspecified atom stereocenters. The number of hydrogen-bond donors (Lipinski definition) is 2. The maximum Gasteiger partial charge on any atom is 0.129 e. The average Bonchev–Trinajstić information content (AvgIpc) is 3.36. The monoisotopic (exact) mass is 426 g/mol. The minimum Gasteiger partial charge on any atom is -0.467 e. The van der Waals surface area contributed by atoms with Crippen molar-refractivity contribution in [1.82, 2.24) is 0 Å². The second kappa shape index (κ2) is 9.48. The van der Waals surface area contributed by atoms with Crippen molar-refractivity contribution in [3.8, 4) is 0 Å². The number of allylic oxidation sites excluding steroid dienone is 3. The summed E-state index contributed by atoms with van der Waals surface area (Å²) in [6, 6.07) is 3.86. The van der Waals surface area contributed by atoms with E-state index in [2.05, 4.69) is 32.6 Å². The lowest BCUT2D eigenvalue weighted by molar-refractivity contribution is 0.0227. The summed E-state index contributed by atoms with van der Waals surface area (Å²) in [6.45, 7) is 10.2. The Balaban J connectivity index is 1.42. The summed E-state index contributed by atoms with van der Waals surface area (Å²) in [4.78, 5) is 0. The fourth-order valence-electron chi connectivity index (χ4n) is 6.54. The number of hydrogen-bond acceptors (Lipinski definition) is 4. The maximum absolute atomic E-state index is 10.1. The predicted octanol–water partition coefficient (Wildman–Crippen LogP) is 5.57.